The molecule has 0 heterocycles. The van der Waals surface area contributed by atoms with Gasteiger partial charge >= 0.3 is 0 Å². The number of guanidine groups is 1. The predicted octanol–water partition coefficient (Wildman–Crippen LogP) is 4.03. The van der Waals surface area contributed by atoms with Crippen molar-refractivity contribution in [3.8, 4) is 11.8 Å². The maximum absolute atomic E-state index is 13.7. The largest absolute Gasteiger partial charge is 0.491 e. The summed E-state index contributed by atoms with van der Waals surface area (Å²) in [6.07, 6.45) is 0.106. The lowest BCUT2D eigenvalue weighted by Gasteiger charge is -2.11. The second kappa shape index (κ2) is 9.84. The Morgan fingerprint density at radius 3 is 2.56 bits per heavy atom. The molecule has 0 bridgehead atoms. The average molecular weight is 454 g/mol. The van der Waals surface area contributed by atoms with E-state index < -0.39 is 5.82 Å². The van der Waals surface area contributed by atoms with E-state index in [1.54, 1.807) is 0 Å². The molecule has 2 aromatic rings. The van der Waals surface area contributed by atoms with Crippen molar-refractivity contribution in [2.24, 2.45) is 10.7 Å². The summed E-state index contributed by atoms with van der Waals surface area (Å²) in [7, 11) is 0. The molecule has 3 N–H and O–H groups in total. The fourth-order valence-electron chi connectivity index (χ4n) is 2.01. The number of halogens is 2. The van der Waals surface area contributed by atoms with E-state index in [0.717, 1.165) is 11.4 Å². The molecular formula is C18H20FIN4O. The summed E-state index contributed by atoms with van der Waals surface area (Å²) in [5.41, 5.74) is 7.26. The van der Waals surface area contributed by atoms with Gasteiger partial charge in [-0.25, -0.2) is 9.38 Å². The molecular weight excluding hydrogens is 434 g/mol. The van der Waals surface area contributed by atoms with E-state index in [4.69, 9.17) is 15.7 Å². The molecule has 0 aliphatic carbocycles. The molecule has 0 spiro atoms. The average Bonchev–Trinajstić information content (AvgIpc) is 2.55. The van der Waals surface area contributed by atoms with Crippen LogP contribution >= 0.6 is 24.0 Å². The van der Waals surface area contributed by atoms with Crippen LogP contribution in [0.1, 0.15) is 25.0 Å². The van der Waals surface area contributed by atoms with Crippen molar-refractivity contribution in [2.45, 2.75) is 26.5 Å². The van der Waals surface area contributed by atoms with Gasteiger partial charge in [-0.2, -0.15) is 5.26 Å². The van der Waals surface area contributed by atoms with Crippen LogP contribution < -0.4 is 15.8 Å². The molecule has 0 aliphatic rings. The number of ether oxygens (including phenoxy) is 1. The second-order valence-corrected chi connectivity index (χ2v) is 5.44. The maximum atomic E-state index is 13.7. The third-order valence-electron chi connectivity index (χ3n) is 3.09. The molecule has 0 saturated heterocycles. The number of benzene rings is 2. The van der Waals surface area contributed by atoms with Crippen LogP contribution in [0.25, 0.3) is 0 Å². The third-order valence-corrected chi connectivity index (χ3v) is 3.09. The van der Waals surface area contributed by atoms with E-state index in [-0.39, 0.29) is 42.6 Å². The van der Waals surface area contributed by atoms with Gasteiger partial charge in [-0.1, -0.05) is 0 Å². The molecule has 25 heavy (non-hydrogen) atoms. The van der Waals surface area contributed by atoms with Crippen molar-refractivity contribution in [1.29, 1.82) is 5.26 Å². The highest BCUT2D eigenvalue weighted by molar-refractivity contribution is 14.0. The first-order valence-electron chi connectivity index (χ1n) is 7.50. The normalized spacial score (nSPS) is 10.8. The van der Waals surface area contributed by atoms with Crippen LogP contribution in [0.2, 0.25) is 0 Å². The van der Waals surface area contributed by atoms with Gasteiger partial charge in [0.1, 0.15) is 11.6 Å². The third kappa shape index (κ3) is 6.58. The zero-order valence-corrected chi connectivity index (χ0v) is 16.3. The van der Waals surface area contributed by atoms with Crippen LogP contribution in [0.3, 0.4) is 0 Å². The van der Waals surface area contributed by atoms with Gasteiger partial charge in [-0.3, -0.25) is 0 Å². The van der Waals surface area contributed by atoms with Gasteiger partial charge in [-0.05, 0) is 56.3 Å². The van der Waals surface area contributed by atoms with Crippen LogP contribution in [0.4, 0.5) is 10.1 Å². The molecule has 132 valence electrons. The van der Waals surface area contributed by atoms with Crippen molar-refractivity contribution in [3.63, 3.8) is 0 Å². The molecule has 0 fully saturated rings. The molecule has 0 unspecified atom stereocenters. The van der Waals surface area contributed by atoms with Gasteiger partial charge in [-0.15, -0.1) is 24.0 Å². The molecule has 2 aromatic carbocycles. The Morgan fingerprint density at radius 2 is 1.96 bits per heavy atom. The minimum absolute atomic E-state index is 0. The monoisotopic (exact) mass is 454 g/mol. The number of nitrogens with two attached hydrogens (primary N) is 1. The van der Waals surface area contributed by atoms with Crippen LogP contribution in [-0.2, 0) is 6.54 Å². The number of nitrogens with one attached hydrogen (secondary N) is 1. The number of nitrogens with zero attached hydrogens (tertiary/aromatic N) is 2. The van der Waals surface area contributed by atoms with E-state index in [1.807, 2.05) is 44.2 Å². The number of anilines is 1. The minimum Gasteiger partial charge on any atom is -0.491 e. The van der Waals surface area contributed by atoms with E-state index in [0.29, 0.717) is 11.1 Å². The fraction of sp³-hybridized carbons (Fsp3) is 0.222. The molecule has 0 amide bonds. The van der Waals surface area contributed by atoms with Crippen molar-refractivity contribution in [3.05, 3.63) is 59.4 Å². The smallest absolute Gasteiger partial charge is 0.193 e. The zero-order chi connectivity index (χ0) is 17.5. The van der Waals surface area contributed by atoms with E-state index in [1.165, 1.54) is 18.2 Å². The number of hydrogen-bond donors (Lipinski definition) is 2. The summed E-state index contributed by atoms with van der Waals surface area (Å²) in [5, 5.41) is 11.8. The Kier molecular flexibility index (Phi) is 8.15. The topological polar surface area (TPSA) is 83.4 Å². The maximum Gasteiger partial charge on any atom is 0.193 e. The van der Waals surface area contributed by atoms with Gasteiger partial charge in [0.05, 0.1) is 24.3 Å². The van der Waals surface area contributed by atoms with Gasteiger partial charge in [0.2, 0.25) is 0 Å². The van der Waals surface area contributed by atoms with Crippen LogP contribution in [0.15, 0.2) is 47.5 Å². The van der Waals surface area contributed by atoms with E-state index in [2.05, 4.69) is 10.3 Å². The van der Waals surface area contributed by atoms with Crippen molar-refractivity contribution < 1.29 is 9.13 Å². The standard InChI is InChI=1S/C18H19FN4O.HI/c1-12(2)24-16-6-4-15(5-7-16)23-18(21)22-11-14-9-13(10-20)3-8-17(14)19;/h3-9,12H,11H2,1-2H3,(H3,21,22,23);1H. The minimum atomic E-state index is -0.416. The second-order valence-electron chi connectivity index (χ2n) is 5.44. The Labute approximate surface area is 163 Å². The van der Waals surface area contributed by atoms with Gasteiger partial charge < -0.3 is 15.8 Å². The van der Waals surface area contributed by atoms with E-state index >= 15 is 0 Å². The first-order chi connectivity index (χ1) is 11.5. The molecule has 2 rings (SSSR count). The fourth-order valence-corrected chi connectivity index (χ4v) is 2.01. The van der Waals surface area contributed by atoms with Crippen LogP contribution in [0.5, 0.6) is 5.75 Å². The summed E-state index contributed by atoms with van der Waals surface area (Å²) in [5.74, 6) is 0.511. The molecule has 0 aromatic heterocycles. The molecule has 7 heteroatoms. The Hall–Kier alpha value is -2.34. The number of hydrogen-bond acceptors (Lipinski definition) is 3. The predicted molar refractivity (Wildman–Crippen MR) is 108 cm³/mol. The SMILES string of the molecule is CC(C)Oc1ccc(NC(N)=NCc2cc(C#N)ccc2F)cc1.I. The Balaban J connectivity index is 0.00000312. The summed E-state index contributed by atoms with van der Waals surface area (Å²) in [6, 6.07) is 13.4. The number of nitriles is 1. The highest BCUT2D eigenvalue weighted by Crippen LogP contribution is 2.17. The van der Waals surface area contributed by atoms with Gasteiger partial charge in [0, 0.05) is 11.3 Å². The summed E-state index contributed by atoms with van der Waals surface area (Å²) in [6.45, 7) is 3.96. The van der Waals surface area contributed by atoms with Crippen molar-refractivity contribution >= 4 is 35.6 Å². The van der Waals surface area contributed by atoms with Gasteiger partial charge in [0.25, 0.3) is 0 Å². The quantitative estimate of drug-likeness (QED) is 0.406. The first kappa shape index (κ1) is 20.7. The zero-order valence-electron chi connectivity index (χ0n) is 14.0. The lowest BCUT2D eigenvalue weighted by Crippen LogP contribution is -2.22. The summed E-state index contributed by atoms with van der Waals surface area (Å²) in [4.78, 5) is 4.10. The Morgan fingerprint density at radius 1 is 1.28 bits per heavy atom. The van der Waals surface area contributed by atoms with Gasteiger partial charge in [0.15, 0.2) is 5.96 Å². The van der Waals surface area contributed by atoms with Crippen LogP contribution in [-0.4, -0.2) is 12.1 Å². The van der Waals surface area contributed by atoms with Crippen molar-refractivity contribution in [2.75, 3.05) is 5.32 Å². The molecule has 0 saturated carbocycles. The highest BCUT2D eigenvalue weighted by Gasteiger charge is 2.04. The highest BCUT2D eigenvalue weighted by atomic mass is 127. The van der Waals surface area contributed by atoms with Crippen LogP contribution in [0, 0.1) is 17.1 Å². The summed E-state index contributed by atoms with van der Waals surface area (Å²) < 4.78 is 19.2. The lowest BCUT2D eigenvalue weighted by atomic mass is 10.1. The molecule has 0 aliphatic heterocycles. The first-order valence-corrected chi connectivity index (χ1v) is 7.50. The van der Waals surface area contributed by atoms with E-state index in [9.17, 15) is 4.39 Å². The number of rotatable bonds is 5. The van der Waals surface area contributed by atoms with Crippen molar-refractivity contribution in [1.82, 2.24) is 0 Å². The Bertz CT molecular complexity index is 770. The summed E-state index contributed by atoms with van der Waals surface area (Å²) >= 11 is 0. The molecule has 0 atom stereocenters. The molecule has 5 nitrogen and oxygen atoms in total. The molecule has 0 radical (unpaired) electrons. The lowest BCUT2D eigenvalue weighted by molar-refractivity contribution is 0.242. The number of aliphatic imine (C=N–C) groups is 1.